The molecular weight excluding hydrogens is 208 g/mol. The maximum absolute atomic E-state index is 11.6. The fourth-order valence-electron chi connectivity index (χ4n) is 1.86. The summed E-state index contributed by atoms with van der Waals surface area (Å²) in [7, 11) is 2.58. The number of unbranched alkanes of at least 4 members (excludes halogenated alkanes) is 1. The molecule has 1 aliphatic carbocycles. The van der Waals surface area contributed by atoms with Crippen molar-refractivity contribution in [2.24, 2.45) is 11.3 Å². The first kappa shape index (κ1) is 12.7. The van der Waals surface area contributed by atoms with Crippen LogP contribution in [-0.2, 0) is 19.1 Å². The summed E-state index contributed by atoms with van der Waals surface area (Å²) in [4.78, 5) is 23.2. The van der Waals surface area contributed by atoms with Crippen molar-refractivity contribution in [3.05, 3.63) is 12.2 Å². The molecule has 4 nitrogen and oxygen atoms in total. The Morgan fingerprint density at radius 1 is 1.31 bits per heavy atom. The molecule has 1 fully saturated rings. The lowest BCUT2D eigenvalue weighted by Gasteiger charge is -2.10. The van der Waals surface area contributed by atoms with Crippen LogP contribution in [0.25, 0.3) is 0 Å². The second kappa shape index (κ2) is 5.14. The number of carbonyl (C=O) groups excluding carboxylic acids is 2. The quantitative estimate of drug-likeness (QED) is 0.406. The van der Waals surface area contributed by atoms with Gasteiger partial charge in [-0.25, -0.2) is 0 Å². The molecule has 0 radical (unpaired) electrons. The summed E-state index contributed by atoms with van der Waals surface area (Å²) in [5.41, 5.74) is -1.08. The largest absolute Gasteiger partial charge is 0.468 e. The van der Waals surface area contributed by atoms with Crippen molar-refractivity contribution < 1.29 is 19.1 Å². The van der Waals surface area contributed by atoms with Gasteiger partial charge in [0, 0.05) is 5.92 Å². The number of methoxy groups -OCH3 is 2. The van der Waals surface area contributed by atoms with E-state index < -0.39 is 17.4 Å². The van der Waals surface area contributed by atoms with Gasteiger partial charge in [-0.2, -0.15) is 0 Å². The Bertz CT molecular complexity index is 290. The molecule has 4 heteroatoms. The Kier molecular flexibility index (Phi) is 4.10. The number of esters is 2. The molecule has 16 heavy (non-hydrogen) atoms. The summed E-state index contributed by atoms with van der Waals surface area (Å²) >= 11 is 0. The normalized spacial score (nSPS) is 21.8. The second-order valence-corrected chi connectivity index (χ2v) is 3.98. The number of hydrogen-bond acceptors (Lipinski definition) is 4. The van der Waals surface area contributed by atoms with Crippen LogP contribution in [0.4, 0.5) is 0 Å². The summed E-state index contributed by atoms with van der Waals surface area (Å²) in [5.74, 6) is -1.06. The maximum Gasteiger partial charge on any atom is 0.323 e. The topological polar surface area (TPSA) is 52.6 Å². The Morgan fingerprint density at radius 3 is 2.31 bits per heavy atom. The van der Waals surface area contributed by atoms with Crippen LogP contribution in [0.5, 0.6) is 0 Å². The van der Waals surface area contributed by atoms with E-state index >= 15 is 0 Å². The first-order valence-electron chi connectivity index (χ1n) is 5.47. The first-order chi connectivity index (χ1) is 7.63. The van der Waals surface area contributed by atoms with Gasteiger partial charge in [-0.05, 0) is 12.8 Å². The minimum Gasteiger partial charge on any atom is -0.468 e. The first-order valence-corrected chi connectivity index (χ1v) is 5.47. The second-order valence-electron chi connectivity index (χ2n) is 3.98. The van der Waals surface area contributed by atoms with Crippen LogP contribution in [-0.4, -0.2) is 26.2 Å². The van der Waals surface area contributed by atoms with E-state index in [1.165, 1.54) is 14.2 Å². The van der Waals surface area contributed by atoms with E-state index in [2.05, 4.69) is 16.4 Å². The van der Waals surface area contributed by atoms with E-state index in [9.17, 15) is 9.59 Å². The predicted octanol–water partition coefficient (Wildman–Crippen LogP) is 1.70. The summed E-state index contributed by atoms with van der Waals surface area (Å²) in [6.45, 7) is 2.07. The lowest BCUT2D eigenvalue weighted by atomic mass is 10.0. The van der Waals surface area contributed by atoms with Gasteiger partial charge in [-0.3, -0.25) is 9.59 Å². The van der Waals surface area contributed by atoms with E-state index in [0.29, 0.717) is 6.42 Å². The summed E-state index contributed by atoms with van der Waals surface area (Å²) < 4.78 is 9.33. The van der Waals surface area contributed by atoms with E-state index in [0.717, 1.165) is 12.8 Å². The van der Waals surface area contributed by atoms with Crippen molar-refractivity contribution in [1.82, 2.24) is 0 Å². The standard InChI is InChI=1S/C12H18O4/c1-4-5-6-7-9-8-12(9,10(13)15-2)11(14)16-3/h6-7,9H,4-5,8H2,1-3H3/b7-6+. The van der Waals surface area contributed by atoms with Gasteiger partial charge in [0.25, 0.3) is 0 Å². The van der Waals surface area contributed by atoms with Gasteiger partial charge < -0.3 is 9.47 Å². The third-order valence-corrected chi connectivity index (χ3v) is 2.94. The third-order valence-electron chi connectivity index (χ3n) is 2.94. The molecule has 0 aromatic carbocycles. The van der Waals surface area contributed by atoms with Gasteiger partial charge in [-0.1, -0.05) is 25.5 Å². The molecule has 0 aliphatic heterocycles. The Morgan fingerprint density at radius 2 is 1.88 bits per heavy atom. The van der Waals surface area contributed by atoms with E-state index in [4.69, 9.17) is 0 Å². The highest BCUT2D eigenvalue weighted by atomic mass is 16.5. The van der Waals surface area contributed by atoms with Crippen LogP contribution >= 0.6 is 0 Å². The van der Waals surface area contributed by atoms with Crippen molar-refractivity contribution in [3.63, 3.8) is 0 Å². The zero-order valence-electron chi connectivity index (χ0n) is 9.99. The Balaban J connectivity index is 2.72. The third kappa shape index (κ3) is 2.10. The van der Waals surface area contributed by atoms with Crippen molar-refractivity contribution >= 4 is 11.9 Å². The zero-order chi connectivity index (χ0) is 12.2. The number of allylic oxidation sites excluding steroid dienone is 2. The molecule has 0 spiro atoms. The van der Waals surface area contributed by atoms with Crippen molar-refractivity contribution in [3.8, 4) is 0 Å². The molecule has 0 amide bonds. The van der Waals surface area contributed by atoms with Gasteiger partial charge >= 0.3 is 11.9 Å². The minimum absolute atomic E-state index is 0.0704. The molecule has 1 rings (SSSR count). The van der Waals surface area contributed by atoms with E-state index in [1.54, 1.807) is 0 Å². The number of rotatable bonds is 5. The van der Waals surface area contributed by atoms with Gasteiger partial charge in [0.1, 0.15) is 0 Å². The lowest BCUT2D eigenvalue weighted by Crippen LogP contribution is -2.30. The van der Waals surface area contributed by atoms with Gasteiger partial charge in [0.05, 0.1) is 14.2 Å². The van der Waals surface area contributed by atoms with Crippen molar-refractivity contribution in [1.29, 1.82) is 0 Å². The lowest BCUT2D eigenvalue weighted by molar-refractivity contribution is -0.161. The molecule has 0 aromatic heterocycles. The van der Waals surface area contributed by atoms with Crippen molar-refractivity contribution in [2.45, 2.75) is 26.2 Å². The molecule has 0 heterocycles. The van der Waals surface area contributed by atoms with E-state index in [1.807, 2.05) is 12.2 Å². The van der Waals surface area contributed by atoms with Gasteiger partial charge in [0.2, 0.25) is 0 Å². The van der Waals surface area contributed by atoms with Gasteiger partial charge in [0.15, 0.2) is 5.41 Å². The van der Waals surface area contributed by atoms with Crippen LogP contribution in [0, 0.1) is 11.3 Å². The smallest absolute Gasteiger partial charge is 0.323 e. The van der Waals surface area contributed by atoms with E-state index in [-0.39, 0.29) is 5.92 Å². The number of carbonyl (C=O) groups is 2. The van der Waals surface area contributed by atoms with Crippen molar-refractivity contribution in [2.75, 3.05) is 14.2 Å². The zero-order valence-corrected chi connectivity index (χ0v) is 9.99. The fraction of sp³-hybridized carbons (Fsp3) is 0.667. The highest BCUT2D eigenvalue weighted by molar-refractivity contribution is 6.04. The highest BCUT2D eigenvalue weighted by Gasteiger charge is 2.66. The Labute approximate surface area is 95.6 Å². The monoisotopic (exact) mass is 226 g/mol. The van der Waals surface area contributed by atoms with Crippen LogP contribution in [0.15, 0.2) is 12.2 Å². The molecule has 1 atom stereocenters. The molecule has 0 saturated heterocycles. The van der Waals surface area contributed by atoms with Crippen LogP contribution in [0.2, 0.25) is 0 Å². The van der Waals surface area contributed by atoms with Crippen LogP contribution in [0.1, 0.15) is 26.2 Å². The molecule has 0 aromatic rings. The number of ether oxygens (including phenoxy) is 2. The van der Waals surface area contributed by atoms with Gasteiger partial charge in [-0.15, -0.1) is 0 Å². The number of hydrogen-bond donors (Lipinski definition) is 0. The van der Waals surface area contributed by atoms with Crippen LogP contribution < -0.4 is 0 Å². The fourth-order valence-corrected chi connectivity index (χ4v) is 1.86. The Hall–Kier alpha value is -1.32. The predicted molar refractivity (Wildman–Crippen MR) is 58.6 cm³/mol. The molecule has 1 saturated carbocycles. The summed E-state index contributed by atoms with van der Waals surface area (Å²) in [6, 6.07) is 0. The minimum atomic E-state index is -1.08. The molecule has 1 unspecified atom stereocenters. The molecule has 1 aliphatic rings. The summed E-state index contributed by atoms with van der Waals surface area (Å²) in [5, 5.41) is 0. The molecule has 0 bridgehead atoms. The molecule has 90 valence electrons. The molecular formula is C12H18O4. The molecule has 0 N–H and O–H groups in total. The SMILES string of the molecule is CCC/C=C/C1CC1(C(=O)OC)C(=O)OC. The van der Waals surface area contributed by atoms with Crippen LogP contribution in [0.3, 0.4) is 0 Å². The highest BCUT2D eigenvalue weighted by Crippen LogP contribution is 2.55. The summed E-state index contributed by atoms with van der Waals surface area (Å²) in [6.07, 6.45) is 6.41. The maximum atomic E-state index is 11.6. The average Bonchev–Trinajstić information content (AvgIpc) is 3.03. The average molecular weight is 226 g/mol.